The predicted octanol–water partition coefficient (Wildman–Crippen LogP) is 1.01. The van der Waals surface area contributed by atoms with Crippen molar-refractivity contribution < 1.29 is 18.8 Å². The van der Waals surface area contributed by atoms with E-state index in [0.717, 1.165) is 12.2 Å². The molecule has 1 N–H and O–H groups in total. The molecule has 1 amide bonds. The Kier molecular flexibility index (Phi) is 4.34. The Labute approximate surface area is 127 Å². The second kappa shape index (κ2) is 6.57. The van der Waals surface area contributed by atoms with Gasteiger partial charge in [-0.1, -0.05) is 23.4 Å². The van der Waals surface area contributed by atoms with Crippen molar-refractivity contribution in [1.29, 1.82) is 0 Å². The number of amides is 1. The van der Waals surface area contributed by atoms with E-state index in [-0.39, 0.29) is 25.2 Å². The summed E-state index contributed by atoms with van der Waals surface area (Å²) in [6, 6.07) is 7.89. The predicted molar refractivity (Wildman–Crippen MR) is 76.3 cm³/mol. The molecule has 0 fully saturated rings. The van der Waals surface area contributed by atoms with Crippen LogP contribution in [0.1, 0.15) is 17.3 Å². The minimum Gasteiger partial charge on any atom is -0.488 e. The first-order valence-electron chi connectivity index (χ1n) is 7.09. The zero-order valence-electron chi connectivity index (χ0n) is 12.2. The summed E-state index contributed by atoms with van der Waals surface area (Å²) in [5.41, 5.74) is 1.17. The smallest absolute Gasteiger partial charge is 0.252 e. The summed E-state index contributed by atoms with van der Waals surface area (Å²) in [6.45, 7) is 2.25. The molecule has 0 radical (unpaired) electrons. The largest absolute Gasteiger partial charge is 0.488 e. The third kappa shape index (κ3) is 3.62. The lowest BCUT2D eigenvalue weighted by Gasteiger charge is -2.11. The molecule has 1 aliphatic heterocycles. The number of hydrogen-bond acceptors (Lipinski definition) is 6. The van der Waals surface area contributed by atoms with Crippen LogP contribution in [0, 0.1) is 6.92 Å². The van der Waals surface area contributed by atoms with Gasteiger partial charge in [-0.15, -0.1) is 0 Å². The number of carbonyl (C=O) groups is 1. The molecule has 7 nitrogen and oxygen atoms in total. The third-order valence-corrected chi connectivity index (χ3v) is 3.27. The van der Waals surface area contributed by atoms with Gasteiger partial charge in [-0.25, -0.2) is 0 Å². The van der Waals surface area contributed by atoms with Crippen LogP contribution in [-0.2, 0) is 22.6 Å². The maximum atomic E-state index is 11.7. The Balaban J connectivity index is 1.35. The van der Waals surface area contributed by atoms with Crippen molar-refractivity contribution >= 4 is 5.91 Å². The molecule has 0 aliphatic carbocycles. The summed E-state index contributed by atoms with van der Waals surface area (Å²) in [5.74, 6) is 1.60. The van der Waals surface area contributed by atoms with Gasteiger partial charge in [0, 0.05) is 6.42 Å². The first kappa shape index (κ1) is 14.5. The van der Waals surface area contributed by atoms with Crippen LogP contribution in [0.2, 0.25) is 0 Å². The summed E-state index contributed by atoms with van der Waals surface area (Å²) in [5, 5.41) is 6.43. The Morgan fingerprint density at radius 3 is 3.09 bits per heavy atom. The Morgan fingerprint density at radius 1 is 1.45 bits per heavy atom. The van der Waals surface area contributed by atoms with Crippen molar-refractivity contribution in [3.63, 3.8) is 0 Å². The monoisotopic (exact) mass is 303 g/mol. The van der Waals surface area contributed by atoms with E-state index in [0.29, 0.717) is 18.3 Å². The fourth-order valence-corrected chi connectivity index (χ4v) is 2.28. The Bertz CT molecular complexity index is 631. The van der Waals surface area contributed by atoms with Crippen molar-refractivity contribution in [2.24, 2.45) is 0 Å². The van der Waals surface area contributed by atoms with Gasteiger partial charge in [0.05, 0.1) is 6.54 Å². The van der Waals surface area contributed by atoms with Crippen molar-refractivity contribution in [2.75, 3.05) is 13.2 Å². The van der Waals surface area contributed by atoms with Crippen LogP contribution in [0.4, 0.5) is 0 Å². The minimum atomic E-state index is -0.198. The number of rotatable bonds is 6. The molecule has 1 aromatic heterocycles. The Hall–Kier alpha value is -2.41. The zero-order chi connectivity index (χ0) is 15.4. The van der Waals surface area contributed by atoms with Crippen molar-refractivity contribution in [2.45, 2.75) is 26.1 Å². The fraction of sp³-hybridized carbons (Fsp3) is 0.400. The molecule has 3 rings (SSSR count). The Morgan fingerprint density at radius 2 is 2.32 bits per heavy atom. The number of para-hydroxylation sites is 1. The van der Waals surface area contributed by atoms with E-state index in [9.17, 15) is 4.79 Å². The van der Waals surface area contributed by atoms with E-state index in [1.54, 1.807) is 6.92 Å². The molecule has 0 bridgehead atoms. The molecule has 0 saturated carbocycles. The highest BCUT2D eigenvalue weighted by Crippen LogP contribution is 2.27. The number of hydrogen-bond donors (Lipinski definition) is 1. The average molecular weight is 303 g/mol. The van der Waals surface area contributed by atoms with Gasteiger partial charge in [0.2, 0.25) is 5.91 Å². The molecule has 1 aliphatic rings. The summed E-state index contributed by atoms with van der Waals surface area (Å²) in [4.78, 5) is 15.7. The molecule has 7 heteroatoms. The van der Waals surface area contributed by atoms with Crippen molar-refractivity contribution in [3.8, 4) is 5.75 Å². The van der Waals surface area contributed by atoms with Gasteiger partial charge in [-0.05, 0) is 18.6 Å². The second-order valence-corrected chi connectivity index (χ2v) is 5.08. The highest BCUT2D eigenvalue weighted by atomic mass is 16.5. The maximum absolute atomic E-state index is 11.7. The molecule has 116 valence electrons. The van der Waals surface area contributed by atoms with E-state index in [1.165, 1.54) is 5.56 Å². The quantitative estimate of drug-likeness (QED) is 0.857. The van der Waals surface area contributed by atoms with E-state index in [4.69, 9.17) is 14.0 Å². The molecule has 0 saturated heterocycles. The normalized spacial score (nSPS) is 16.1. The molecule has 0 spiro atoms. The van der Waals surface area contributed by atoms with Crippen LogP contribution in [0.5, 0.6) is 5.75 Å². The number of fused-ring (bicyclic) bond motifs is 1. The van der Waals surface area contributed by atoms with Crippen molar-refractivity contribution in [3.05, 3.63) is 41.5 Å². The van der Waals surface area contributed by atoms with Crippen LogP contribution in [0.15, 0.2) is 28.8 Å². The summed E-state index contributed by atoms with van der Waals surface area (Å²) < 4.78 is 15.9. The lowest BCUT2D eigenvalue weighted by Crippen LogP contribution is -2.36. The number of ether oxygens (including phenoxy) is 2. The summed E-state index contributed by atoms with van der Waals surface area (Å²) >= 11 is 0. The van der Waals surface area contributed by atoms with Gasteiger partial charge in [-0.2, -0.15) is 4.98 Å². The number of nitrogens with one attached hydrogen (secondary N) is 1. The van der Waals surface area contributed by atoms with Gasteiger partial charge in [-0.3, -0.25) is 4.79 Å². The average Bonchev–Trinajstić information content (AvgIpc) is 3.11. The molecule has 22 heavy (non-hydrogen) atoms. The first-order chi connectivity index (χ1) is 10.7. The van der Waals surface area contributed by atoms with Crippen LogP contribution >= 0.6 is 0 Å². The summed E-state index contributed by atoms with van der Waals surface area (Å²) in [7, 11) is 0. The van der Waals surface area contributed by atoms with Gasteiger partial charge in [0.15, 0.2) is 5.82 Å². The van der Waals surface area contributed by atoms with Gasteiger partial charge < -0.3 is 19.3 Å². The topological polar surface area (TPSA) is 86.5 Å². The minimum absolute atomic E-state index is 0.0278. The standard InChI is InChI=1S/C15H17N3O4/c1-10-17-15(22-18-10)9-20-8-14(19)16-7-12-6-11-4-2-3-5-13(11)21-12/h2-5,12H,6-9H2,1H3,(H,16,19)/t12-/m0/s1. The highest BCUT2D eigenvalue weighted by molar-refractivity contribution is 5.77. The van der Waals surface area contributed by atoms with Crippen LogP contribution in [0.25, 0.3) is 0 Å². The lowest BCUT2D eigenvalue weighted by atomic mass is 10.1. The maximum Gasteiger partial charge on any atom is 0.252 e. The number of aryl methyl sites for hydroxylation is 1. The van der Waals surface area contributed by atoms with Gasteiger partial charge in [0.1, 0.15) is 25.1 Å². The number of carbonyl (C=O) groups excluding carboxylic acids is 1. The molecule has 2 heterocycles. The van der Waals surface area contributed by atoms with E-state index < -0.39 is 0 Å². The number of aromatic nitrogens is 2. The van der Waals surface area contributed by atoms with Crippen LogP contribution in [-0.4, -0.2) is 35.3 Å². The van der Waals surface area contributed by atoms with Gasteiger partial charge in [0.25, 0.3) is 5.89 Å². The van der Waals surface area contributed by atoms with Gasteiger partial charge >= 0.3 is 0 Å². The second-order valence-electron chi connectivity index (χ2n) is 5.08. The zero-order valence-corrected chi connectivity index (χ0v) is 12.2. The van der Waals surface area contributed by atoms with Crippen LogP contribution < -0.4 is 10.1 Å². The van der Waals surface area contributed by atoms with Crippen LogP contribution in [0.3, 0.4) is 0 Å². The third-order valence-electron chi connectivity index (χ3n) is 3.27. The van der Waals surface area contributed by atoms with Crippen molar-refractivity contribution in [1.82, 2.24) is 15.5 Å². The first-order valence-corrected chi connectivity index (χ1v) is 7.09. The number of nitrogens with zero attached hydrogens (tertiary/aromatic N) is 2. The van der Waals surface area contributed by atoms with E-state index in [2.05, 4.69) is 15.5 Å². The molecule has 2 aromatic rings. The SMILES string of the molecule is Cc1noc(COCC(=O)NC[C@@H]2Cc3ccccc3O2)n1. The molecule has 0 unspecified atom stereocenters. The molecular formula is C15H17N3O4. The number of benzene rings is 1. The molecule has 1 atom stereocenters. The lowest BCUT2D eigenvalue weighted by molar-refractivity contribution is -0.126. The van der Waals surface area contributed by atoms with E-state index >= 15 is 0 Å². The fourth-order valence-electron chi connectivity index (χ4n) is 2.28. The molecule has 1 aromatic carbocycles. The molecular weight excluding hydrogens is 286 g/mol. The highest BCUT2D eigenvalue weighted by Gasteiger charge is 2.22. The summed E-state index contributed by atoms with van der Waals surface area (Å²) in [6.07, 6.45) is 0.776. The van der Waals surface area contributed by atoms with E-state index in [1.807, 2.05) is 24.3 Å².